The third-order valence-corrected chi connectivity index (χ3v) is 3.87. The first-order valence-corrected chi connectivity index (χ1v) is 8.73. The van der Waals surface area contributed by atoms with Gasteiger partial charge in [-0.05, 0) is 42.5 Å². The summed E-state index contributed by atoms with van der Waals surface area (Å²) in [4.78, 5) is 26.3. The molecule has 1 aliphatic rings. The van der Waals surface area contributed by atoms with E-state index < -0.39 is 30.4 Å². The van der Waals surface area contributed by atoms with Gasteiger partial charge in [0.25, 0.3) is 5.91 Å². The summed E-state index contributed by atoms with van der Waals surface area (Å²) in [5, 5.41) is 2.49. The number of allylic oxidation sites excluding steroid dienone is 2. The van der Waals surface area contributed by atoms with Crippen molar-refractivity contribution in [3.05, 3.63) is 76.4 Å². The van der Waals surface area contributed by atoms with E-state index in [0.717, 1.165) is 12.1 Å². The standard InChI is InChI=1S/C20H16F4N2O4/c21-12-1-6-17(16(9-12)19(28)26-13-7-8-25-18(27)10-13)30-15-4-2-14(3-5-15)29-11-20(22,23)24/h2-10,12H,1,11H2,(H2,25,26,27,28). The predicted octanol–water partition coefficient (Wildman–Crippen LogP) is 3.89. The molecule has 2 aromatic rings. The summed E-state index contributed by atoms with van der Waals surface area (Å²) in [6.07, 6.45) is -2.02. The van der Waals surface area contributed by atoms with Gasteiger partial charge in [-0.2, -0.15) is 13.2 Å². The average Bonchev–Trinajstić information content (AvgIpc) is 2.68. The zero-order valence-corrected chi connectivity index (χ0v) is 15.3. The monoisotopic (exact) mass is 424 g/mol. The number of alkyl halides is 4. The Morgan fingerprint density at radius 3 is 2.53 bits per heavy atom. The summed E-state index contributed by atoms with van der Waals surface area (Å²) in [7, 11) is 0. The molecule has 0 saturated carbocycles. The number of H-pyrrole nitrogens is 1. The fourth-order valence-electron chi connectivity index (χ4n) is 2.56. The minimum absolute atomic E-state index is 0.0100. The lowest BCUT2D eigenvalue weighted by molar-refractivity contribution is -0.153. The van der Waals surface area contributed by atoms with E-state index in [1.807, 2.05) is 0 Å². The van der Waals surface area contributed by atoms with E-state index in [-0.39, 0.29) is 34.9 Å². The molecule has 1 aromatic heterocycles. The lowest BCUT2D eigenvalue weighted by Crippen LogP contribution is -2.22. The van der Waals surface area contributed by atoms with Gasteiger partial charge >= 0.3 is 6.18 Å². The summed E-state index contributed by atoms with van der Waals surface area (Å²) in [5.41, 5.74) is -0.281. The highest BCUT2D eigenvalue weighted by Gasteiger charge is 2.28. The van der Waals surface area contributed by atoms with Crippen molar-refractivity contribution >= 4 is 11.6 Å². The Morgan fingerprint density at radius 2 is 1.87 bits per heavy atom. The van der Waals surface area contributed by atoms with Gasteiger partial charge in [-0.25, -0.2) is 4.39 Å². The summed E-state index contributed by atoms with van der Waals surface area (Å²) in [5.74, 6) is -0.397. The van der Waals surface area contributed by atoms with Crippen LogP contribution in [0.25, 0.3) is 0 Å². The minimum Gasteiger partial charge on any atom is -0.484 e. The first-order valence-electron chi connectivity index (χ1n) is 8.73. The molecular formula is C20H16F4N2O4. The first kappa shape index (κ1) is 21.2. The van der Waals surface area contributed by atoms with Crippen LogP contribution in [0.15, 0.2) is 70.9 Å². The van der Waals surface area contributed by atoms with Crippen molar-refractivity contribution in [2.45, 2.75) is 18.8 Å². The second-order valence-corrected chi connectivity index (χ2v) is 6.27. The smallest absolute Gasteiger partial charge is 0.422 e. The van der Waals surface area contributed by atoms with E-state index in [1.54, 1.807) is 0 Å². The fraction of sp³-hybridized carbons (Fsp3) is 0.200. The maximum atomic E-state index is 13.8. The molecule has 2 N–H and O–H groups in total. The number of benzene rings is 1. The van der Waals surface area contributed by atoms with Crippen molar-refractivity contribution in [2.24, 2.45) is 0 Å². The van der Waals surface area contributed by atoms with Gasteiger partial charge in [0.05, 0.1) is 5.57 Å². The Morgan fingerprint density at radius 1 is 1.17 bits per heavy atom. The van der Waals surface area contributed by atoms with E-state index >= 15 is 0 Å². The number of hydrogen-bond acceptors (Lipinski definition) is 4. The number of carbonyl (C=O) groups excluding carboxylic acids is 1. The van der Waals surface area contributed by atoms with Gasteiger partial charge in [0, 0.05) is 24.4 Å². The SMILES string of the molecule is O=C(Nc1cc[nH]c(=O)c1)C1=CC(F)CC=C1Oc1ccc(OCC(F)(F)F)cc1. The molecular weight excluding hydrogens is 408 g/mol. The summed E-state index contributed by atoms with van der Waals surface area (Å²) >= 11 is 0. The molecule has 0 saturated heterocycles. The molecule has 0 bridgehead atoms. The number of ether oxygens (including phenoxy) is 2. The summed E-state index contributed by atoms with van der Waals surface area (Å²) < 4.78 is 60.7. The molecule has 6 nitrogen and oxygen atoms in total. The lowest BCUT2D eigenvalue weighted by atomic mass is 10.0. The Bertz CT molecular complexity index is 1030. The highest BCUT2D eigenvalue weighted by Crippen LogP contribution is 2.27. The number of carbonyl (C=O) groups is 1. The maximum absolute atomic E-state index is 13.8. The van der Waals surface area contributed by atoms with Gasteiger partial charge in [0.1, 0.15) is 23.4 Å². The molecule has 10 heteroatoms. The number of aromatic nitrogens is 1. The number of anilines is 1. The molecule has 1 unspecified atom stereocenters. The quantitative estimate of drug-likeness (QED) is 0.690. The lowest BCUT2D eigenvalue weighted by Gasteiger charge is -2.18. The molecule has 1 aliphatic carbocycles. The van der Waals surface area contributed by atoms with Crippen LogP contribution in [0.5, 0.6) is 11.5 Å². The molecule has 1 aromatic carbocycles. The number of amides is 1. The Labute approximate surface area is 167 Å². The largest absolute Gasteiger partial charge is 0.484 e. The first-order chi connectivity index (χ1) is 14.2. The zero-order valence-electron chi connectivity index (χ0n) is 15.3. The Kier molecular flexibility index (Phi) is 6.24. The normalized spacial score (nSPS) is 16.3. The molecule has 1 amide bonds. The van der Waals surface area contributed by atoms with Crippen molar-refractivity contribution in [1.82, 2.24) is 4.98 Å². The van der Waals surface area contributed by atoms with Crippen LogP contribution < -0.4 is 20.3 Å². The minimum atomic E-state index is -4.46. The third-order valence-electron chi connectivity index (χ3n) is 3.87. The molecule has 1 atom stereocenters. The van der Waals surface area contributed by atoms with Gasteiger partial charge in [0.2, 0.25) is 5.56 Å². The van der Waals surface area contributed by atoms with Crippen molar-refractivity contribution in [2.75, 3.05) is 11.9 Å². The van der Waals surface area contributed by atoms with E-state index in [4.69, 9.17) is 4.74 Å². The Balaban J connectivity index is 1.70. The number of pyridine rings is 1. The third kappa shape index (κ3) is 5.97. The van der Waals surface area contributed by atoms with Crippen LogP contribution in [0.2, 0.25) is 0 Å². The molecule has 0 aliphatic heterocycles. The topological polar surface area (TPSA) is 80.4 Å². The van der Waals surface area contributed by atoms with Crippen molar-refractivity contribution < 1.29 is 31.8 Å². The molecule has 0 radical (unpaired) electrons. The van der Waals surface area contributed by atoms with E-state index in [1.165, 1.54) is 42.6 Å². The van der Waals surface area contributed by atoms with Gasteiger partial charge in [-0.15, -0.1) is 0 Å². The molecule has 30 heavy (non-hydrogen) atoms. The number of hydrogen-bond donors (Lipinski definition) is 2. The van der Waals surface area contributed by atoms with E-state index in [2.05, 4.69) is 15.0 Å². The second-order valence-electron chi connectivity index (χ2n) is 6.27. The molecule has 0 spiro atoms. The molecule has 0 fully saturated rings. The fourth-order valence-corrected chi connectivity index (χ4v) is 2.56. The Hall–Kier alpha value is -3.56. The highest BCUT2D eigenvalue weighted by molar-refractivity contribution is 6.06. The van der Waals surface area contributed by atoms with Crippen molar-refractivity contribution in [1.29, 1.82) is 0 Å². The van der Waals surface area contributed by atoms with Crippen molar-refractivity contribution in [3.8, 4) is 11.5 Å². The van der Waals surface area contributed by atoms with Crippen LogP contribution in [0.1, 0.15) is 6.42 Å². The van der Waals surface area contributed by atoms with Crippen molar-refractivity contribution in [3.63, 3.8) is 0 Å². The summed E-state index contributed by atoms with van der Waals surface area (Å²) in [6.45, 7) is -1.42. The van der Waals surface area contributed by atoms with Crippen LogP contribution >= 0.6 is 0 Å². The van der Waals surface area contributed by atoms with Gasteiger partial charge < -0.3 is 19.8 Å². The molecule has 158 valence electrons. The zero-order chi connectivity index (χ0) is 21.7. The van der Waals surface area contributed by atoms with Crippen LogP contribution in [0.3, 0.4) is 0 Å². The predicted molar refractivity (Wildman–Crippen MR) is 100.0 cm³/mol. The van der Waals surface area contributed by atoms with Crippen LogP contribution in [-0.2, 0) is 4.79 Å². The maximum Gasteiger partial charge on any atom is 0.422 e. The van der Waals surface area contributed by atoms with Crippen LogP contribution in [0.4, 0.5) is 23.2 Å². The van der Waals surface area contributed by atoms with Gasteiger partial charge in [-0.3, -0.25) is 9.59 Å². The highest BCUT2D eigenvalue weighted by atomic mass is 19.4. The number of aromatic amines is 1. The number of nitrogens with one attached hydrogen (secondary N) is 2. The van der Waals surface area contributed by atoms with Gasteiger partial charge in [0.15, 0.2) is 6.61 Å². The number of halogens is 4. The van der Waals surface area contributed by atoms with E-state index in [0.29, 0.717) is 0 Å². The second kappa shape index (κ2) is 8.85. The summed E-state index contributed by atoms with van der Waals surface area (Å²) in [6, 6.07) is 7.91. The number of rotatable bonds is 6. The van der Waals surface area contributed by atoms with Gasteiger partial charge in [-0.1, -0.05) is 0 Å². The van der Waals surface area contributed by atoms with Crippen LogP contribution in [0, 0.1) is 0 Å². The van der Waals surface area contributed by atoms with Crippen LogP contribution in [-0.4, -0.2) is 29.8 Å². The molecule has 3 rings (SSSR count). The average molecular weight is 424 g/mol. The molecule has 1 heterocycles. The van der Waals surface area contributed by atoms with E-state index in [9.17, 15) is 27.2 Å².